The molecule has 0 spiro atoms. The van der Waals surface area contributed by atoms with Gasteiger partial charge < -0.3 is 14.7 Å². The van der Waals surface area contributed by atoms with E-state index in [4.69, 9.17) is 9.90 Å². The molecule has 1 fully saturated rings. The van der Waals surface area contributed by atoms with Gasteiger partial charge in [0.05, 0.1) is 0 Å². The Kier molecular flexibility index (Phi) is 16.7. The van der Waals surface area contributed by atoms with Crippen LogP contribution in [0.1, 0.15) is 68.2 Å². The fourth-order valence-corrected chi connectivity index (χ4v) is 0.994. The third-order valence-corrected chi connectivity index (χ3v) is 1.42. The number of rotatable bonds is 1. The lowest BCUT2D eigenvalue weighted by molar-refractivity contribution is -0.217. The zero-order valence-corrected chi connectivity index (χ0v) is 15.1. The molecule has 1 aliphatic heterocycles. The molecule has 0 bridgehead atoms. The molecule has 1 saturated heterocycles. The van der Waals surface area contributed by atoms with Gasteiger partial charge in [0.2, 0.25) is 0 Å². The summed E-state index contributed by atoms with van der Waals surface area (Å²) in [5.41, 5.74) is 0.500. The van der Waals surface area contributed by atoms with Crippen molar-refractivity contribution in [1.82, 2.24) is 5.06 Å². The largest absolute Gasteiger partial charge is 0.375 e. The minimum absolute atomic E-state index is 0.374. The number of aliphatic hydroxyl groups excluding tert-OH is 1. The van der Waals surface area contributed by atoms with Crippen LogP contribution in [0.5, 0.6) is 0 Å². The van der Waals surface area contributed by atoms with Crippen LogP contribution in [0.3, 0.4) is 0 Å². The van der Waals surface area contributed by atoms with Crippen molar-refractivity contribution in [3.8, 4) is 0 Å². The molecular weight excluding hydrogens is 270 g/mol. The van der Waals surface area contributed by atoms with Gasteiger partial charge in [-0.15, -0.1) is 5.06 Å². The lowest BCUT2D eigenvalue weighted by Crippen LogP contribution is -2.30. The molecule has 0 aromatic carbocycles. The Morgan fingerprint density at radius 3 is 1.76 bits per heavy atom. The van der Waals surface area contributed by atoms with Crippen molar-refractivity contribution in [2.24, 2.45) is 11.3 Å². The second kappa shape index (κ2) is 14.0. The molecule has 0 unspecified atom stereocenters. The van der Waals surface area contributed by atoms with E-state index in [1.54, 1.807) is 0 Å². The Hall–Kier alpha value is -0.940. The first-order chi connectivity index (χ1) is 9.43. The smallest absolute Gasteiger partial charge is 0.322 e. The molecule has 1 aliphatic rings. The zero-order chi connectivity index (χ0) is 17.6. The highest BCUT2D eigenvalue weighted by Crippen LogP contribution is 2.14. The topological polar surface area (TPSA) is 66.8 Å². The van der Waals surface area contributed by atoms with E-state index in [-0.39, 0.29) is 5.97 Å². The van der Waals surface area contributed by atoms with Crippen molar-refractivity contribution < 1.29 is 19.5 Å². The Labute approximate surface area is 130 Å². The highest BCUT2D eigenvalue weighted by molar-refractivity contribution is 5.65. The number of carbonyl (C=O) groups is 2. The fourth-order valence-electron chi connectivity index (χ4n) is 0.994. The molecule has 0 aliphatic carbocycles. The molecule has 1 N–H and O–H groups in total. The quantitative estimate of drug-likeness (QED) is 0.804. The number of hydrogen-bond acceptors (Lipinski definition) is 5. The second-order valence-electron chi connectivity index (χ2n) is 7.08. The summed E-state index contributed by atoms with van der Waals surface area (Å²) >= 11 is 0. The number of carbonyl (C=O) groups excluding carboxylic acids is 2. The maximum atomic E-state index is 10.4. The summed E-state index contributed by atoms with van der Waals surface area (Å²) in [7, 11) is 0. The van der Waals surface area contributed by atoms with Gasteiger partial charge in [-0.2, -0.15) is 0 Å². The first-order valence-corrected chi connectivity index (χ1v) is 7.35. The fraction of sp³-hybridized carbons (Fsp3) is 0.875. The van der Waals surface area contributed by atoms with Crippen LogP contribution in [-0.2, 0) is 14.4 Å². The number of hydroxylamine groups is 2. The first-order valence-electron chi connectivity index (χ1n) is 7.35. The molecule has 0 amide bonds. The van der Waals surface area contributed by atoms with Crippen LogP contribution in [0.25, 0.3) is 0 Å². The van der Waals surface area contributed by atoms with Crippen LogP contribution in [0, 0.1) is 11.3 Å². The van der Waals surface area contributed by atoms with Gasteiger partial charge >= 0.3 is 5.97 Å². The molecular formula is C16H35NO4. The van der Waals surface area contributed by atoms with Crippen LogP contribution in [0.4, 0.5) is 0 Å². The molecule has 1 atom stereocenters. The lowest BCUT2D eigenvalue weighted by Gasteiger charge is -2.16. The van der Waals surface area contributed by atoms with E-state index in [1.807, 2.05) is 6.79 Å². The van der Waals surface area contributed by atoms with Crippen LogP contribution >= 0.6 is 0 Å². The minimum Gasteiger partial charge on any atom is -0.375 e. The first kappa shape index (κ1) is 25.0. The van der Waals surface area contributed by atoms with E-state index in [0.29, 0.717) is 18.4 Å². The molecule has 5 heteroatoms. The van der Waals surface area contributed by atoms with Gasteiger partial charge in [0.15, 0.2) is 0 Å². The van der Waals surface area contributed by atoms with Crippen molar-refractivity contribution in [2.75, 3.05) is 6.54 Å². The van der Waals surface area contributed by atoms with Crippen LogP contribution in [-0.4, -0.2) is 35.7 Å². The molecule has 0 radical (unpaired) electrons. The summed E-state index contributed by atoms with van der Waals surface area (Å²) < 4.78 is 0. The average Bonchev–Trinajstić information content (AvgIpc) is 2.63. The highest BCUT2D eigenvalue weighted by Gasteiger charge is 2.24. The normalized spacial score (nSPS) is 17.5. The van der Waals surface area contributed by atoms with Crippen molar-refractivity contribution in [2.45, 2.75) is 74.5 Å². The van der Waals surface area contributed by atoms with E-state index in [2.05, 4.69) is 53.3 Å². The molecule has 128 valence electrons. The van der Waals surface area contributed by atoms with Crippen LogP contribution in [0.15, 0.2) is 0 Å². The zero-order valence-electron chi connectivity index (χ0n) is 15.1. The molecule has 0 aromatic heterocycles. The van der Waals surface area contributed by atoms with Gasteiger partial charge in [-0.3, -0.25) is 4.79 Å². The Morgan fingerprint density at radius 2 is 1.57 bits per heavy atom. The van der Waals surface area contributed by atoms with Gasteiger partial charge in [-0.25, -0.2) is 0 Å². The Bertz CT molecular complexity index is 240. The Morgan fingerprint density at radius 1 is 1.24 bits per heavy atom. The summed E-state index contributed by atoms with van der Waals surface area (Å²) in [6.07, 6.45) is 0.978. The van der Waals surface area contributed by atoms with E-state index < -0.39 is 6.23 Å². The van der Waals surface area contributed by atoms with E-state index >= 15 is 0 Å². The molecule has 5 nitrogen and oxygen atoms in total. The monoisotopic (exact) mass is 305 g/mol. The summed E-state index contributed by atoms with van der Waals surface area (Å²) in [4.78, 5) is 23.0. The van der Waals surface area contributed by atoms with Crippen molar-refractivity contribution >= 4 is 12.8 Å². The summed E-state index contributed by atoms with van der Waals surface area (Å²) in [6.45, 7) is 19.2. The van der Waals surface area contributed by atoms with E-state index in [0.717, 1.165) is 12.3 Å². The summed E-state index contributed by atoms with van der Waals surface area (Å²) in [5.74, 6) is 0.459. The van der Waals surface area contributed by atoms with Crippen LogP contribution < -0.4 is 0 Å². The van der Waals surface area contributed by atoms with Crippen LogP contribution in [0.2, 0.25) is 0 Å². The summed E-state index contributed by atoms with van der Waals surface area (Å²) in [6, 6.07) is 0. The minimum atomic E-state index is -0.594. The van der Waals surface area contributed by atoms with Gasteiger partial charge in [-0.1, -0.05) is 48.5 Å². The number of nitrogens with zero attached hydrogens (tertiary/aromatic N) is 1. The van der Waals surface area contributed by atoms with E-state index in [1.165, 1.54) is 12.0 Å². The summed E-state index contributed by atoms with van der Waals surface area (Å²) in [5, 5.41) is 10.4. The van der Waals surface area contributed by atoms with E-state index in [9.17, 15) is 4.79 Å². The molecule has 1 heterocycles. The number of aliphatic hydroxyl groups is 1. The SMILES string of the molecule is C=O.CC(=O)ON1CCC[C@@H]1O.CC(C)(C)C.CC(C)C. The van der Waals surface area contributed by atoms with Gasteiger partial charge in [-0.05, 0) is 24.2 Å². The standard InChI is InChI=1S/C6H11NO3.C5H12.C4H10.CH2O/c1-5(8)10-7-4-2-3-6(7)9;1-5(2,3)4;1-4(2)3;1-2/h6,9H,2-4H2,1H3;1-4H3;4H,1-3H3;1H2/t6-;;;/m0.../s1. The van der Waals surface area contributed by atoms with Gasteiger partial charge in [0, 0.05) is 13.5 Å². The number of hydrogen-bond donors (Lipinski definition) is 1. The molecule has 0 aromatic rings. The third-order valence-electron chi connectivity index (χ3n) is 1.42. The third kappa shape index (κ3) is 32.5. The predicted octanol–water partition coefficient (Wildman–Crippen LogP) is 3.41. The maximum absolute atomic E-state index is 10.4. The van der Waals surface area contributed by atoms with Crippen molar-refractivity contribution in [3.05, 3.63) is 0 Å². The van der Waals surface area contributed by atoms with Gasteiger partial charge in [0.1, 0.15) is 13.0 Å². The highest BCUT2D eigenvalue weighted by atomic mass is 16.7. The van der Waals surface area contributed by atoms with Crippen molar-refractivity contribution in [1.29, 1.82) is 0 Å². The second-order valence-corrected chi connectivity index (χ2v) is 7.08. The predicted molar refractivity (Wildman–Crippen MR) is 86.5 cm³/mol. The van der Waals surface area contributed by atoms with Gasteiger partial charge in [0.25, 0.3) is 0 Å². The Balaban J connectivity index is -0.000000250. The molecule has 0 saturated carbocycles. The lowest BCUT2D eigenvalue weighted by atomic mass is 10.0. The van der Waals surface area contributed by atoms with Crippen molar-refractivity contribution in [3.63, 3.8) is 0 Å². The maximum Gasteiger partial charge on any atom is 0.322 e. The molecule has 21 heavy (non-hydrogen) atoms. The molecule has 1 rings (SSSR count). The average molecular weight is 305 g/mol.